The smallest absolute Gasteiger partial charge is 0.119 e. The van der Waals surface area contributed by atoms with Crippen molar-refractivity contribution in [3.8, 4) is 5.75 Å². The maximum Gasteiger partial charge on any atom is 0.119 e. The molecule has 0 aliphatic heterocycles. The zero-order chi connectivity index (χ0) is 19.8. The summed E-state index contributed by atoms with van der Waals surface area (Å²) in [7, 11) is 4.22. The number of nitrogens with zero attached hydrogens (tertiary/aromatic N) is 3. The fourth-order valence-electron chi connectivity index (χ4n) is 3.91. The van der Waals surface area contributed by atoms with Gasteiger partial charge in [-0.1, -0.05) is 31.4 Å². The molecule has 1 heterocycles. The van der Waals surface area contributed by atoms with E-state index in [2.05, 4.69) is 41.0 Å². The highest BCUT2D eigenvalue weighted by molar-refractivity contribution is 7.09. The molecule has 3 rings (SSSR count). The predicted molar refractivity (Wildman–Crippen MR) is 115 cm³/mol. The van der Waals surface area contributed by atoms with E-state index in [4.69, 9.17) is 4.74 Å². The number of rotatable bonds is 10. The molecule has 1 fully saturated rings. The second-order valence-electron chi connectivity index (χ2n) is 7.94. The molecule has 0 radical (unpaired) electrons. The third-order valence-corrected chi connectivity index (χ3v) is 6.14. The second kappa shape index (κ2) is 10.9. The first-order valence-electron chi connectivity index (χ1n) is 10.3. The highest BCUT2D eigenvalue weighted by Gasteiger charge is 2.20. The number of aliphatic hydroxyl groups excluding tert-OH is 1. The van der Waals surface area contributed by atoms with E-state index in [9.17, 15) is 5.11 Å². The first kappa shape index (κ1) is 21.2. The molecular formula is C22H33N3O2S. The van der Waals surface area contributed by atoms with Crippen LogP contribution >= 0.6 is 11.3 Å². The van der Waals surface area contributed by atoms with E-state index in [0.717, 1.165) is 23.8 Å². The van der Waals surface area contributed by atoms with Crippen molar-refractivity contribution < 1.29 is 9.84 Å². The molecule has 1 aliphatic carbocycles. The first-order valence-corrected chi connectivity index (χ1v) is 11.1. The zero-order valence-corrected chi connectivity index (χ0v) is 17.9. The summed E-state index contributed by atoms with van der Waals surface area (Å²) in [5.74, 6) is 0.819. The van der Waals surface area contributed by atoms with Crippen LogP contribution in [0.3, 0.4) is 0 Å². The van der Waals surface area contributed by atoms with Crippen LogP contribution in [-0.2, 0) is 13.1 Å². The highest BCUT2D eigenvalue weighted by Crippen LogP contribution is 2.22. The van der Waals surface area contributed by atoms with E-state index in [1.54, 1.807) is 11.3 Å². The molecule has 1 aromatic heterocycles. The van der Waals surface area contributed by atoms with Gasteiger partial charge in [-0.2, -0.15) is 0 Å². The topological polar surface area (TPSA) is 48.8 Å². The number of hydrogen-bond acceptors (Lipinski definition) is 6. The minimum absolute atomic E-state index is 0.329. The van der Waals surface area contributed by atoms with Crippen molar-refractivity contribution in [3.63, 3.8) is 0 Å². The van der Waals surface area contributed by atoms with Crippen molar-refractivity contribution in [2.75, 3.05) is 27.2 Å². The van der Waals surface area contributed by atoms with E-state index in [0.29, 0.717) is 19.2 Å². The van der Waals surface area contributed by atoms with Crippen molar-refractivity contribution in [1.82, 2.24) is 14.8 Å². The quantitative estimate of drug-likeness (QED) is 0.654. The Kier molecular flexibility index (Phi) is 8.27. The van der Waals surface area contributed by atoms with Crippen LogP contribution in [0.25, 0.3) is 0 Å². The number of ether oxygens (including phenoxy) is 1. The van der Waals surface area contributed by atoms with Crippen molar-refractivity contribution in [1.29, 1.82) is 0 Å². The van der Waals surface area contributed by atoms with E-state index >= 15 is 0 Å². The Morgan fingerprint density at radius 2 is 2.04 bits per heavy atom. The molecule has 0 amide bonds. The third-order valence-electron chi connectivity index (χ3n) is 5.38. The van der Waals surface area contributed by atoms with Gasteiger partial charge in [0.15, 0.2) is 0 Å². The van der Waals surface area contributed by atoms with E-state index in [1.165, 1.54) is 37.7 Å². The van der Waals surface area contributed by atoms with Gasteiger partial charge in [0.2, 0.25) is 0 Å². The van der Waals surface area contributed by atoms with Crippen molar-refractivity contribution in [3.05, 3.63) is 46.4 Å². The van der Waals surface area contributed by atoms with E-state index in [1.807, 2.05) is 23.7 Å². The minimum Gasteiger partial charge on any atom is -0.491 e. The third kappa shape index (κ3) is 6.85. The van der Waals surface area contributed by atoms with Gasteiger partial charge in [0.1, 0.15) is 23.5 Å². The molecule has 5 nitrogen and oxygen atoms in total. The van der Waals surface area contributed by atoms with Gasteiger partial charge >= 0.3 is 0 Å². The molecule has 28 heavy (non-hydrogen) atoms. The molecule has 0 saturated heterocycles. The van der Waals surface area contributed by atoms with Gasteiger partial charge in [-0.15, -0.1) is 11.3 Å². The maximum atomic E-state index is 10.4. The standard InChI is InChI=1S/C22H33N3O2S/c1-24(16-22-23-11-12-28-22)14-18-7-6-10-21(13-18)27-17-20(26)15-25(2)19-8-4-3-5-9-19/h6-7,10-13,19-20,26H,3-5,8-9,14-17H2,1-2H3/t20-/m1/s1. The van der Waals surface area contributed by atoms with Crippen LogP contribution in [0.4, 0.5) is 0 Å². The Bertz CT molecular complexity index is 689. The minimum atomic E-state index is -0.469. The fraction of sp³-hybridized carbons (Fsp3) is 0.591. The van der Waals surface area contributed by atoms with Crippen LogP contribution < -0.4 is 4.74 Å². The van der Waals surface area contributed by atoms with Gasteiger partial charge in [-0.25, -0.2) is 4.98 Å². The number of likely N-dealkylation sites (N-methyl/N-ethyl adjacent to an activating group) is 1. The lowest BCUT2D eigenvalue weighted by molar-refractivity contribution is 0.0561. The Hall–Kier alpha value is -1.47. The number of aromatic nitrogens is 1. The summed E-state index contributed by atoms with van der Waals surface area (Å²) in [5.41, 5.74) is 1.20. The summed E-state index contributed by atoms with van der Waals surface area (Å²) in [6.45, 7) is 2.68. The number of aliphatic hydroxyl groups is 1. The molecule has 1 saturated carbocycles. The molecule has 154 valence electrons. The molecule has 0 unspecified atom stereocenters. The number of hydrogen-bond donors (Lipinski definition) is 1. The summed E-state index contributed by atoms with van der Waals surface area (Å²) in [4.78, 5) is 8.89. The monoisotopic (exact) mass is 403 g/mol. The lowest BCUT2D eigenvalue weighted by Crippen LogP contribution is -2.40. The molecule has 1 N–H and O–H groups in total. The van der Waals surface area contributed by atoms with E-state index < -0.39 is 6.10 Å². The number of thiazole rings is 1. The normalized spacial score (nSPS) is 16.6. The summed E-state index contributed by atoms with van der Waals surface area (Å²) < 4.78 is 5.88. The predicted octanol–water partition coefficient (Wildman–Crippen LogP) is 3.78. The first-order chi connectivity index (χ1) is 13.6. The van der Waals surface area contributed by atoms with Crippen LogP contribution in [0.2, 0.25) is 0 Å². The second-order valence-corrected chi connectivity index (χ2v) is 8.92. The highest BCUT2D eigenvalue weighted by atomic mass is 32.1. The summed E-state index contributed by atoms with van der Waals surface area (Å²) in [6, 6.07) is 8.76. The van der Waals surface area contributed by atoms with E-state index in [-0.39, 0.29) is 0 Å². The van der Waals surface area contributed by atoms with Crippen LogP contribution in [0.1, 0.15) is 42.7 Å². The maximum absolute atomic E-state index is 10.4. The molecule has 1 aromatic carbocycles. The molecule has 1 atom stereocenters. The van der Waals surface area contributed by atoms with Gasteiger partial charge in [-0.3, -0.25) is 4.90 Å². The van der Waals surface area contributed by atoms with Gasteiger partial charge in [0.05, 0.1) is 6.54 Å². The summed E-state index contributed by atoms with van der Waals surface area (Å²) >= 11 is 1.68. The Labute approximate surface area is 173 Å². The van der Waals surface area contributed by atoms with Crippen molar-refractivity contribution in [2.24, 2.45) is 0 Å². The van der Waals surface area contributed by atoms with Gasteiger partial charge in [0, 0.05) is 30.7 Å². The molecule has 0 bridgehead atoms. The van der Waals surface area contributed by atoms with Crippen LogP contribution in [0.15, 0.2) is 35.8 Å². The molecule has 2 aromatic rings. The van der Waals surface area contributed by atoms with Crippen LogP contribution in [0.5, 0.6) is 5.75 Å². The average Bonchev–Trinajstić information content (AvgIpc) is 3.20. The van der Waals surface area contributed by atoms with Crippen LogP contribution in [-0.4, -0.2) is 59.3 Å². The van der Waals surface area contributed by atoms with Gasteiger partial charge in [-0.05, 0) is 44.6 Å². The van der Waals surface area contributed by atoms with Gasteiger partial charge in [0.25, 0.3) is 0 Å². The molecule has 0 spiro atoms. The molecule has 6 heteroatoms. The Balaban J connectivity index is 1.43. The SMILES string of the molecule is CN(Cc1cccc(OC[C@H](O)CN(C)C2CCCCC2)c1)Cc1nccs1. The van der Waals surface area contributed by atoms with Gasteiger partial charge < -0.3 is 14.7 Å². The van der Waals surface area contributed by atoms with Crippen LogP contribution in [0, 0.1) is 0 Å². The average molecular weight is 404 g/mol. The zero-order valence-electron chi connectivity index (χ0n) is 17.1. The fourth-order valence-corrected chi connectivity index (χ4v) is 4.61. The molecular weight excluding hydrogens is 370 g/mol. The lowest BCUT2D eigenvalue weighted by Gasteiger charge is -2.32. The Morgan fingerprint density at radius 1 is 1.21 bits per heavy atom. The van der Waals surface area contributed by atoms with Crippen molar-refractivity contribution in [2.45, 2.75) is 57.3 Å². The summed E-state index contributed by atoms with van der Waals surface area (Å²) in [6.07, 6.45) is 7.85. The largest absolute Gasteiger partial charge is 0.491 e. The molecule has 1 aliphatic rings. The lowest BCUT2D eigenvalue weighted by atomic mass is 9.94. The number of benzene rings is 1. The summed E-state index contributed by atoms with van der Waals surface area (Å²) in [5, 5.41) is 13.5. The Morgan fingerprint density at radius 3 is 2.79 bits per heavy atom. The van der Waals surface area contributed by atoms with Crippen molar-refractivity contribution >= 4 is 11.3 Å².